The highest BCUT2D eigenvalue weighted by Gasteiger charge is 2.29. The van der Waals surface area contributed by atoms with Gasteiger partial charge in [-0.05, 0) is 44.4 Å². The van der Waals surface area contributed by atoms with Crippen molar-refractivity contribution in [1.82, 2.24) is 14.1 Å². The molecule has 1 aromatic heterocycles. The summed E-state index contributed by atoms with van der Waals surface area (Å²) in [5.74, 6) is 0.159. The highest BCUT2D eigenvalue weighted by molar-refractivity contribution is 7.89. The summed E-state index contributed by atoms with van der Waals surface area (Å²) >= 11 is 6.18. The molecule has 0 radical (unpaired) electrons. The molecule has 1 saturated heterocycles. The molecule has 1 amide bonds. The molecule has 1 unspecified atom stereocenters. The molecule has 2 aromatic rings. The first-order chi connectivity index (χ1) is 13.3. The Morgan fingerprint density at radius 2 is 1.96 bits per heavy atom. The number of hydrogen-bond donors (Lipinski definition) is 1. The second kappa shape index (κ2) is 8.63. The van der Waals surface area contributed by atoms with E-state index < -0.39 is 15.9 Å². The van der Waals surface area contributed by atoms with Crippen molar-refractivity contribution in [2.75, 3.05) is 18.4 Å². The van der Waals surface area contributed by atoms with E-state index in [0.29, 0.717) is 18.9 Å². The Labute approximate surface area is 170 Å². The summed E-state index contributed by atoms with van der Waals surface area (Å²) < 4.78 is 29.1. The van der Waals surface area contributed by atoms with Crippen LogP contribution in [0.15, 0.2) is 35.4 Å². The highest BCUT2D eigenvalue weighted by Crippen LogP contribution is 2.28. The smallest absolute Gasteiger partial charge is 0.256 e. The fourth-order valence-electron chi connectivity index (χ4n) is 3.21. The number of halogens is 1. The van der Waals surface area contributed by atoms with Gasteiger partial charge < -0.3 is 5.32 Å². The van der Waals surface area contributed by atoms with Gasteiger partial charge in [-0.25, -0.2) is 13.1 Å². The third-order valence-corrected chi connectivity index (χ3v) is 7.43. The van der Waals surface area contributed by atoms with E-state index in [4.69, 9.17) is 11.6 Å². The van der Waals surface area contributed by atoms with E-state index >= 15 is 0 Å². The van der Waals surface area contributed by atoms with Gasteiger partial charge in [-0.2, -0.15) is 9.40 Å². The molecule has 0 bridgehead atoms. The third kappa shape index (κ3) is 4.24. The van der Waals surface area contributed by atoms with Crippen molar-refractivity contribution in [2.24, 2.45) is 0 Å². The second-order valence-corrected chi connectivity index (χ2v) is 9.30. The third-order valence-electron chi connectivity index (χ3n) is 5.05. The van der Waals surface area contributed by atoms with Crippen LogP contribution in [0.25, 0.3) is 0 Å². The maximum Gasteiger partial charge on any atom is 0.256 e. The highest BCUT2D eigenvalue weighted by atomic mass is 35.5. The molecule has 1 N–H and O–H groups in total. The van der Waals surface area contributed by atoms with Crippen LogP contribution in [0.4, 0.5) is 5.82 Å². The van der Waals surface area contributed by atoms with Crippen LogP contribution in [-0.2, 0) is 10.0 Å². The normalized spacial score (nSPS) is 16.7. The van der Waals surface area contributed by atoms with Gasteiger partial charge >= 0.3 is 0 Å². The molecular weight excluding hydrogens is 400 g/mol. The minimum atomic E-state index is -3.73. The number of aromatic nitrogens is 2. The van der Waals surface area contributed by atoms with E-state index in [2.05, 4.69) is 10.4 Å². The van der Waals surface area contributed by atoms with Crippen molar-refractivity contribution in [3.05, 3.63) is 41.0 Å². The first kappa shape index (κ1) is 20.8. The fraction of sp³-hybridized carbons (Fsp3) is 0.474. The Balaban J connectivity index is 1.87. The SMILES string of the molecule is CCC(C)n1nccc1NC(=O)c1ccc(Cl)c(S(=O)(=O)N2CCCCC2)c1. The lowest BCUT2D eigenvalue weighted by Gasteiger charge is -2.26. The Hall–Kier alpha value is -1.90. The number of rotatable bonds is 6. The van der Waals surface area contributed by atoms with Crippen molar-refractivity contribution in [2.45, 2.75) is 50.5 Å². The molecular formula is C19H25ClN4O3S. The standard InChI is InChI=1S/C19H25ClN4O3S/c1-3-14(2)24-18(9-10-21-24)22-19(25)15-7-8-16(20)17(13-15)28(26,27)23-11-5-4-6-12-23/h7-10,13-14H,3-6,11-12H2,1-2H3,(H,22,25). The van der Waals surface area contributed by atoms with Gasteiger partial charge in [0, 0.05) is 24.7 Å². The van der Waals surface area contributed by atoms with Crippen molar-refractivity contribution < 1.29 is 13.2 Å². The van der Waals surface area contributed by atoms with E-state index in [1.54, 1.807) is 16.9 Å². The number of nitrogens with zero attached hydrogens (tertiary/aromatic N) is 3. The van der Waals surface area contributed by atoms with Crippen LogP contribution in [0.3, 0.4) is 0 Å². The van der Waals surface area contributed by atoms with Crippen LogP contribution in [0.5, 0.6) is 0 Å². The van der Waals surface area contributed by atoms with Crippen LogP contribution >= 0.6 is 11.6 Å². The van der Waals surface area contributed by atoms with Crippen LogP contribution in [0, 0.1) is 0 Å². The van der Waals surface area contributed by atoms with Gasteiger partial charge in [-0.1, -0.05) is 24.9 Å². The molecule has 0 spiro atoms. The number of carbonyl (C=O) groups excluding carboxylic acids is 1. The lowest BCUT2D eigenvalue weighted by atomic mass is 10.2. The van der Waals surface area contributed by atoms with Crippen LogP contribution in [-0.4, -0.2) is 41.5 Å². The zero-order chi connectivity index (χ0) is 20.3. The summed E-state index contributed by atoms with van der Waals surface area (Å²) in [6.07, 6.45) is 5.17. The van der Waals surface area contributed by atoms with Gasteiger partial charge in [0.15, 0.2) is 0 Å². The van der Waals surface area contributed by atoms with Crippen LogP contribution < -0.4 is 5.32 Å². The summed E-state index contributed by atoms with van der Waals surface area (Å²) in [6, 6.07) is 6.18. The monoisotopic (exact) mass is 424 g/mol. The van der Waals surface area contributed by atoms with Gasteiger partial charge in [-0.15, -0.1) is 0 Å². The van der Waals surface area contributed by atoms with Crippen LogP contribution in [0.2, 0.25) is 5.02 Å². The maximum atomic E-state index is 13.0. The van der Waals surface area contributed by atoms with Crippen LogP contribution in [0.1, 0.15) is 55.9 Å². The average molecular weight is 425 g/mol. The van der Waals surface area contributed by atoms with Gasteiger partial charge in [-0.3, -0.25) is 4.79 Å². The first-order valence-electron chi connectivity index (χ1n) is 9.49. The van der Waals surface area contributed by atoms with E-state index in [1.165, 1.54) is 22.5 Å². The zero-order valence-electron chi connectivity index (χ0n) is 16.1. The van der Waals surface area contributed by atoms with Gasteiger partial charge in [0.1, 0.15) is 10.7 Å². The molecule has 28 heavy (non-hydrogen) atoms. The molecule has 1 fully saturated rings. The lowest BCUT2D eigenvalue weighted by Crippen LogP contribution is -2.35. The summed E-state index contributed by atoms with van der Waals surface area (Å²) in [7, 11) is -3.73. The topological polar surface area (TPSA) is 84.3 Å². The number of hydrogen-bond acceptors (Lipinski definition) is 4. The largest absolute Gasteiger partial charge is 0.307 e. The minimum Gasteiger partial charge on any atom is -0.307 e. The molecule has 152 valence electrons. The van der Waals surface area contributed by atoms with E-state index in [0.717, 1.165) is 25.7 Å². The molecule has 1 aliphatic rings. The molecule has 1 atom stereocenters. The second-order valence-electron chi connectivity index (χ2n) is 6.98. The van der Waals surface area contributed by atoms with Crippen molar-refractivity contribution >= 4 is 33.3 Å². The fourth-order valence-corrected chi connectivity index (χ4v) is 5.23. The maximum absolute atomic E-state index is 13.0. The average Bonchev–Trinajstić information content (AvgIpc) is 3.16. The number of nitrogens with one attached hydrogen (secondary N) is 1. The number of anilines is 1. The van der Waals surface area contributed by atoms with E-state index in [1.807, 2.05) is 13.8 Å². The van der Waals surface area contributed by atoms with Gasteiger partial charge in [0.25, 0.3) is 5.91 Å². The zero-order valence-corrected chi connectivity index (χ0v) is 17.6. The molecule has 0 aliphatic carbocycles. The Morgan fingerprint density at radius 1 is 1.25 bits per heavy atom. The summed E-state index contributed by atoms with van der Waals surface area (Å²) in [6.45, 7) is 5.00. The Kier molecular flexibility index (Phi) is 6.42. The summed E-state index contributed by atoms with van der Waals surface area (Å²) in [5.41, 5.74) is 0.233. The molecule has 1 aliphatic heterocycles. The van der Waals surface area contributed by atoms with E-state index in [9.17, 15) is 13.2 Å². The van der Waals surface area contributed by atoms with Gasteiger partial charge in [0.2, 0.25) is 10.0 Å². The molecule has 2 heterocycles. The minimum absolute atomic E-state index is 0.0286. The van der Waals surface area contributed by atoms with Gasteiger partial charge in [0.05, 0.1) is 17.3 Å². The summed E-state index contributed by atoms with van der Waals surface area (Å²) in [4.78, 5) is 12.7. The molecule has 9 heteroatoms. The van der Waals surface area contributed by atoms with Crippen molar-refractivity contribution in [3.63, 3.8) is 0 Å². The predicted octanol–water partition coefficient (Wildman–Crippen LogP) is 3.93. The molecule has 7 nitrogen and oxygen atoms in total. The Bertz CT molecular complexity index is 952. The first-order valence-corrected chi connectivity index (χ1v) is 11.3. The molecule has 1 aromatic carbocycles. The summed E-state index contributed by atoms with van der Waals surface area (Å²) in [5, 5.41) is 7.17. The number of piperidine rings is 1. The number of sulfonamides is 1. The number of carbonyl (C=O) groups is 1. The number of benzene rings is 1. The quantitative estimate of drug-likeness (QED) is 0.761. The Morgan fingerprint density at radius 3 is 2.64 bits per heavy atom. The molecule has 0 saturated carbocycles. The van der Waals surface area contributed by atoms with Crippen molar-refractivity contribution in [3.8, 4) is 0 Å². The molecule has 3 rings (SSSR count). The lowest BCUT2D eigenvalue weighted by molar-refractivity contribution is 0.102. The number of amides is 1. The van der Waals surface area contributed by atoms with E-state index in [-0.39, 0.29) is 21.5 Å². The predicted molar refractivity (Wildman–Crippen MR) is 109 cm³/mol. The van der Waals surface area contributed by atoms with Crippen molar-refractivity contribution in [1.29, 1.82) is 0 Å².